The van der Waals surface area contributed by atoms with E-state index in [2.05, 4.69) is 0 Å². The van der Waals surface area contributed by atoms with E-state index in [0.29, 0.717) is 5.69 Å². The Morgan fingerprint density at radius 3 is 2.25 bits per heavy atom. The van der Waals surface area contributed by atoms with E-state index in [0.717, 1.165) is 27.4 Å². The molecule has 2 rings (SSSR count). The Morgan fingerprint density at radius 1 is 1.04 bits per heavy atom. The molecule has 0 fully saturated rings. The first-order valence-electron chi connectivity index (χ1n) is 7.56. The van der Waals surface area contributed by atoms with Crippen molar-refractivity contribution < 1.29 is 13.2 Å². The van der Waals surface area contributed by atoms with Gasteiger partial charge in [0.25, 0.3) is 0 Å². The molecule has 2 aromatic carbocycles. The molecule has 0 spiro atoms. The van der Waals surface area contributed by atoms with Crippen LogP contribution in [-0.4, -0.2) is 34.2 Å². The Bertz CT molecular complexity index is 833. The molecule has 0 unspecified atom stereocenters. The number of carbonyl (C=O) groups excluding carboxylic acids is 1. The second-order valence-corrected chi connectivity index (χ2v) is 7.75. The molecule has 0 N–H and O–H groups in total. The van der Waals surface area contributed by atoms with Crippen LogP contribution in [0, 0.1) is 13.8 Å². The van der Waals surface area contributed by atoms with Gasteiger partial charge in [-0.3, -0.25) is 9.10 Å². The quantitative estimate of drug-likeness (QED) is 0.836. The number of likely N-dealkylation sites (N-methyl/N-ethyl adjacent to an activating group) is 1. The molecule has 0 heterocycles. The molecule has 6 heteroatoms. The highest BCUT2D eigenvalue weighted by atomic mass is 32.2. The van der Waals surface area contributed by atoms with Gasteiger partial charge in [0.05, 0.1) is 11.9 Å². The van der Waals surface area contributed by atoms with Crippen LogP contribution in [0.3, 0.4) is 0 Å². The first kappa shape index (κ1) is 18.0. The highest BCUT2D eigenvalue weighted by molar-refractivity contribution is 7.92. The van der Waals surface area contributed by atoms with Gasteiger partial charge in [-0.25, -0.2) is 8.42 Å². The van der Waals surface area contributed by atoms with Crippen LogP contribution in [0.4, 0.5) is 11.4 Å². The summed E-state index contributed by atoms with van der Waals surface area (Å²) >= 11 is 0. The summed E-state index contributed by atoms with van der Waals surface area (Å²) in [4.78, 5) is 14.1. The summed E-state index contributed by atoms with van der Waals surface area (Å²) < 4.78 is 25.7. The van der Waals surface area contributed by atoms with Crippen LogP contribution < -0.4 is 9.21 Å². The standard InChI is InChI=1S/C18H22N2O3S/c1-14-10-11-15(2)17(12-14)20(24(4,22)23)13-18(21)19(3)16-8-6-5-7-9-16/h5-12H,13H2,1-4H3. The predicted molar refractivity (Wildman–Crippen MR) is 98.0 cm³/mol. The van der Waals surface area contributed by atoms with Crippen LogP contribution in [0.2, 0.25) is 0 Å². The number of para-hydroxylation sites is 1. The maximum Gasteiger partial charge on any atom is 0.247 e. The number of anilines is 2. The normalized spacial score (nSPS) is 11.2. The number of aryl methyl sites for hydroxylation is 2. The predicted octanol–water partition coefficient (Wildman–Crippen LogP) is 2.73. The van der Waals surface area contributed by atoms with E-state index in [1.807, 2.05) is 44.2 Å². The van der Waals surface area contributed by atoms with Gasteiger partial charge in [0.1, 0.15) is 6.54 Å². The van der Waals surface area contributed by atoms with Crippen LogP contribution in [-0.2, 0) is 14.8 Å². The highest BCUT2D eigenvalue weighted by Gasteiger charge is 2.24. The summed E-state index contributed by atoms with van der Waals surface area (Å²) in [7, 11) is -1.94. The van der Waals surface area contributed by atoms with E-state index in [-0.39, 0.29) is 12.5 Å². The van der Waals surface area contributed by atoms with Crippen molar-refractivity contribution >= 4 is 27.3 Å². The molecule has 5 nitrogen and oxygen atoms in total. The lowest BCUT2D eigenvalue weighted by Crippen LogP contribution is -2.41. The number of nitrogens with zero attached hydrogens (tertiary/aromatic N) is 2. The highest BCUT2D eigenvalue weighted by Crippen LogP contribution is 2.24. The van der Waals surface area contributed by atoms with Gasteiger partial charge >= 0.3 is 0 Å². The number of carbonyl (C=O) groups is 1. The number of benzene rings is 2. The number of sulfonamides is 1. The van der Waals surface area contributed by atoms with Crippen molar-refractivity contribution in [1.29, 1.82) is 0 Å². The van der Waals surface area contributed by atoms with E-state index in [1.165, 1.54) is 4.90 Å². The molecule has 0 aliphatic heterocycles. The fourth-order valence-corrected chi connectivity index (χ4v) is 3.29. The van der Waals surface area contributed by atoms with Crippen molar-refractivity contribution in [2.45, 2.75) is 13.8 Å². The summed E-state index contributed by atoms with van der Waals surface area (Å²) in [6.45, 7) is 3.48. The molecular weight excluding hydrogens is 324 g/mol. The van der Waals surface area contributed by atoms with E-state index in [4.69, 9.17) is 0 Å². The van der Waals surface area contributed by atoms with Crippen molar-refractivity contribution in [3.05, 3.63) is 59.7 Å². The lowest BCUT2D eigenvalue weighted by Gasteiger charge is -2.26. The molecule has 0 saturated heterocycles. The summed E-state index contributed by atoms with van der Waals surface area (Å²) in [6, 6.07) is 14.7. The second-order valence-electron chi connectivity index (χ2n) is 5.85. The summed E-state index contributed by atoms with van der Waals surface area (Å²) in [5.41, 5.74) is 3.00. The third-order valence-corrected chi connectivity index (χ3v) is 4.96. The fraction of sp³-hybridized carbons (Fsp3) is 0.278. The molecule has 0 aromatic heterocycles. The maximum atomic E-state index is 12.6. The monoisotopic (exact) mass is 346 g/mol. The molecule has 0 aliphatic carbocycles. The van der Waals surface area contributed by atoms with E-state index in [1.54, 1.807) is 25.2 Å². The van der Waals surface area contributed by atoms with Crippen molar-refractivity contribution in [3.63, 3.8) is 0 Å². The van der Waals surface area contributed by atoms with E-state index in [9.17, 15) is 13.2 Å². The van der Waals surface area contributed by atoms with Gasteiger partial charge in [0.15, 0.2) is 0 Å². The third-order valence-electron chi connectivity index (χ3n) is 3.83. The Kier molecular flexibility index (Phi) is 5.29. The first-order chi connectivity index (χ1) is 11.2. The number of amides is 1. The van der Waals surface area contributed by atoms with Gasteiger partial charge < -0.3 is 4.90 Å². The van der Waals surface area contributed by atoms with Crippen molar-refractivity contribution in [2.75, 3.05) is 29.1 Å². The first-order valence-corrected chi connectivity index (χ1v) is 9.41. The van der Waals surface area contributed by atoms with Crippen LogP contribution in [0.15, 0.2) is 48.5 Å². The zero-order valence-electron chi connectivity index (χ0n) is 14.4. The van der Waals surface area contributed by atoms with Gasteiger partial charge in [0.2, 0.25) is 15.9 Å². The topological polar surface area (TPSA) is 57.7 Å². The Hall–Kier alpha value is -2.34. The molecule has 0 atom stereocenters. The zero-order valence-corrected chi connectivity index (χ0v) is 15.2. The minimum atomic E-state index is -3.58. The van der Waals surface area contributed by atoms with Gasteiger partial charge in [-0.2, -0.15) is 0 Å². The largest absolute Gasteiger partial charge is 0.314 e. The summed E-state index contributed by atoms with van der Waals surface area (Å²) in [5, 5.41) is 0. The molecule has 0 saturated carbocycles. The van der Waals surface area contributed by atoms with Crippen LogP contribution in [0.5, 0.6) is 0 Å². The molecule has 2 aromatic rings. The fourth-order valence-electron chi connectivity index (χ4n) is 2.39. The van der Waals surface area contributed by atoms with E-state index >= 15 is 0 Å². The molecule has 24 heavy (non-hydrogen) atoms. The van der Waals surface area contributed by atoms with Gasteiger partial charge in [-0.1, -0.05) is 30.3 Å². The van der Waals surface area contributed by atoms with Gasteiger partial charge in [-0.05, 0) is 43.2 Å². The molecule has 0 radical (unpaired) electrons. The molecule has 1 amide bonds. The number of hydrogen-bond donors (Lipinski definition) is 0. The number of rotatable bonds is 5. The Balaban J connectivity index is 2.34. The lowest BCUT2D eigenvalue weighted by atomic mass is 10.1. The zero-order chi connectivity index (χ0) is 17.9. The van der Waals surface area contributed by atoms with Crippen LogP contribution in [0.25, 0.3) is 0 Å². The van der Waals surface area contributed by atoms with E-state index < -0.39 is 10.0 Å². The molecule has 0 aliphatic rings. The Morgan fingerprint density at radius 2 is 1.67 bits per heavy atom. The average Bonchev–Trinajstić information content (AvgIpc) is 2.54. The third kappa shape index (κ3) is 4.14. The van der Waals surface area contributed by atoms with Gasteiger partial charge in [0, 0.05) is 12.7 Å². The minimum Gasteiger partial charge on any atom is -0.314 e. The van der Waals surface area contributed by atoms with Crippen molar-refractivity contribution in [2.24, 2.45) is 0 Å². The molecular formula is C18H22N2O3S. The molecule has 128 valence electrons. The van der Waals surface area contributed by atoms with Crippen LogP contribution >= 0.6 is 0 Å². The van der Waals surface area contributed by atoms with Crippen LogP contribution in [0.1, 0.15) is 11.1 Å². The Labute approximate surface area is 143 Å². The SMILES string of the molecule is Cc1ccc(C)c(N(CC(=O)N(C)c2ccccc2)S(C)(=O)=O)c1. The van der Waals surface area contributed by atoms with Crippen molar-refractivity contribution in [3.8, 4) is 0 Å². The summed E-state index contributed by atoms with van der Waals surface area (Å²) in [6.07, 6.45) is 1.12. The maximum absolute atomic E-state index is 12.6. The summed E-state index contributed by atoms with van der Waals surface area (Å²) in [5.74, 6) is -0.299. The smallest absolute Gasteiger partial charge is 0.247 e. The van der Waals surface area contributed by atoms with Crippen molar-refractivity contribution in [1.82, 2.24) is 0 Å². The van der Waals surface area contributed by atoms with Gasteiger partial charge in [-0.15, -0.1) is 0 Å². The second kappa shape index (κ2) is 7.05. The lowest BCUT2D eigenvalue weighted by molar-refractivity contribution is -0.116. The average molecular weight is 346 g/mol. The molecule has 0 bridgehead atoms. The number of hydrogen-bond acceptors (Lipinski definition) is 3. The minimum absolute atomic E-state index is 0.242.